The number of aromatic nitrogens is 1. The summed E-state index contributed by atoms with van der Waals surface area (Å²) in [6.45, 7) is 4.27. The summed E-state index contributed by atoms with van der Waals surface area (Å²) in [6.07, 6.45) is 2.70. The van der Waals surface area contributed by atoms with Gasteiger partial charge in [-0.05, 0) is 68.0 Å². The fourth-order valence-corrected chi connectivity index (χ4v) is 6.33. The number of para-hydroxylation sites is 1. The number of nitrogens with one attached hydrogen (secondary N) is 1. The first kappa shape index (κ1) is 25.7. The fraction of sp³-hybridized carbons (Fsp3) is 0.300. The number of hydrogen-bond acceptors (Lipinski definition) is 7. The van der Waals surface area contributed by atoms with Crippen molar-refractivity contribution in [2.75, 3.05) is 26.1 Å². The minimum absolute atomic E-state index is 0.275. The summed E-state index contributed by atoms with van der Waals surface area (Å²) in [5, 5.41) is 4.32. The van der Waals surface area contributed by atoms with Crippen molar-refractivity contribution in [3.05, 3.63) is 70.1 Å². The molecule has 0 radical (unpaired) electrons. The molecule has 0 saturated heterocycles. The van der Waals surface area contributed by atoms with Crippen molar-refractivity contribution in [1.82, 2.24) is 4.98 Å². The molecule has 5 rings (SSSR count). The maximum Gasteiger partial charge on any atom is 0.341 e. The van der Waals surface area contributed by atoms with E-state index in [2.05, 4.69) is 12.2 Å². The second kappa shape index (κ2) is 10.8. The number of pyridine rings is 1. The van der Waals surface area contributed by atoms with Crippen LogP contribution in [0.15, 0.2) is 48.5 Å². The van der Waals surface area contributed by atoms with Gasteiger partial charge in [-0.15, -0.1) is 11.3 Å². The summed E-state index contributed by atoms with van der Waals surface area (Å²) in [4.78, 5) is 32.7. The molecule has 1 N–H and O–H groups in total. The van der Waals surface area contributed by atoms with E-state index in [0.29, 0.717) is 44.8 Å². The van der Waals surface area contributed by atoms with E-state index in [9.17, 15) is 9.59 Å². The van der Waals surface area contributed by atoms with Crippen LogP contribution in [0.5, 0.6) is 11.5 Å². The summed E-state index contributed by atoms with van der Waals surface area (Å²) in [6, 6.07) is 14.8. The Hall–Kier alpha value is -3.91. The van der Waals surface area contributed by atoms with Crippen LogP contribution in [0.1, 0.15) is 51.4 Å². The van der Waals surface area contributed by atoms with Crippen LogP contribution < -0.4 is 14.8 Å². The molecular formula is C30H30N2O5S. The Balaban J connectivity index is 1.58. The van der Waals surface area contributed by atoms with E-state index in [1.165, 1.54) is 11.3 Å². The van der Waals surface area contributed by atoms with Crippen molar-refractivity contribution in [2.24, 2.45) is 5.92 Å². The molecule has 0 spiro atoms. The predicted octanol–water partition coefficient (Wildman–Crippen LogP) is 6.53. The van der Waals surface area contributed by atoms with Gasteiger partial charge < -0.3 is 19.5 Å². The number of amides is 1. The van der Waals surface area contributed by atoms with E-state index in [-0.39, 0.29) is 18.5 Å². The van der Waals surface area contributed by atoms with Crippen LogP contribution in [0, 0.1) is 5.92 Å². The Kier molecular flexibility index (Phi) is 7.33. The van der Waals surface area contributed by atoms with Gasteiger partial charge in [-0.2, -0.15) is 0 Å². The third-order valence-corrected chi connectivity index (χ3v) is 8.03. The highest BCUT2D eigenvalue weighted by Gasteiger charge is 2.29. The topological polar surface area (TPSA) is 86.8 Å². The maximum atomic E-state index is 13.8. The van der Waals surface area contributed by atoms with E-state index in [0.717, 1.165) is 40.7 Å². The molecule has 0 bridgehead atoms. The first-order valence-electron chi connectivity index (χ1n) is 12.7. The number of hydrogen-bond donors (Lipinski definition) is 1. The highest BCUT2D eigenvalue weighted by molar-refractivity contribution is 7.17. The number of benzene rings is 2. The number of carbonyl (C=O) groups is 2. The standard InChI is InChI=1S/C30H30N2O5S/c1-5-37-30(34)27-20-12-10-17(2)14-26(20)38-29(27)32-28(33)21-16-23(31-22-9-7-6-8-19(21)22)18-11-13-24(35-3)25(15-18)36-4/h6-9,11,13,15-17H,5,10,12,14H2,1-4H3,(H,32,33). The third-order valence-electron chi connectivity index (χ3n) is 6.86. The first-order chi connectivity index (χ1) is 18.4. The minimum Gasteiger partial charge on any atom is -0.493 e. The molecule has 0 saturated carbocycles. The molecule has 1 aliphatic carbocycles. The Morgan fingerprint density at radius 2 is 1.87 bits per heavy atom. The van der Waals surface area contributed by atoms with E-state index in [1.54, 1.807) is 27.2 Å². The average Bonchev–Trinajstić information content (AvgIpc) is 3.28. The summed E-state index contributed by atoms with van der Waals surface area (Å²) < 4.78 is 16.2. The van der Waals surface area contributed by atoms with E-state index >= 15 is 0 Å². The number of methoxy groups -OCH3 is 2. The fourth-order valence-electron chi connectivity index (χ4n) is 4.94. The van der Waals surface area contributed by atoms with Gasteiger partial charge in [-0.25, -0.2) is 9.78 Å². The lowest BCUT2D eigenvalue weighted by Gasteiger charge is -2.18. The van der Waals surface area contributed by atoms with Crippen LogP contribution in [-0.4, -0.2) is 37.7 Å². The summed E-state index contributed by atoms with van der Waals surface area (Å²) in [7, 11) is 3.17. The van der Waals surface area contributed by atoms with Crippen LogP contribution in [0.2, 0.25) is 0 Å². The Labute approximate surface area is 225 Å². The summed E-state index contributed by atoms with van der Waals surface area (Å²) >= 11 is 1.48. The van der Waals surface area contributed by atoms with Gasteiger partial charge in [-0.3, -0.25) is 4.79 Å². The van der Waals surface area contributed by atoms with Crippen molar-refractivity contribution < 1.29 is 23.8 Å². The van der Waals surface area contributed by atoms with E-state index in [1.807, 2.05) is 42.5 Å². The number of rotatable bonds is 7. The second-order valence-corrected chi connectivity index (χ2v) is 10.5. The lowest BCUT2D eigenvalue weighted by molar-refractivity contribution is 0.0526. The molecule has 0 aliphatic heterocycles. The molecule has 0 fully saturated rings. The molecule has 1 atom stereocenters. The monoisotopic (exact) mass is 530 g/mol. The number of esters is 1. The zero-order chi connectivity index (χ0) is 26.8. The predicted molar refractivity (Wildman–Crippen MR) is 150 cm³/mol. The maximum absolute atomic E-state index is 13.8. The molecule has 8 heteroatoms. The lowest BCUT2D eigenvalue weighted by Crippen LogP contribution is -2.17. The van der Waals surface area contributed by atoms with Crippen molar-refractivity contribution >= 4 is 39.1 Å². The number of anilines is 1. The van der Waals surface area contributed by atoms with Crippen LogP contribution in [0.4, 0.5) is 5.00 Å². The van der Waals surface area contributed by atoms with Crippen LogP contribution in [0.25, 0.3) is 22.2 Å². The molecule has 1 unspecified atom stereocenters. The highest BCUT2D eigenvalue weighted by atomic mass is 32.1. The van der Waals surface area contributed by atoms with Gasteiger partial charge in [0.1, 0.15) is 5.00 Å². The zero-order valence-electron chi connectivity index (χ0n) is 21.9. The van der Waals surface area contributed by atoms with Gasteiger partial charge in [0.25, 0.3) is 5.91 Å². The largest absolute Gasteiger partial charge is 0.493 e. The SMILES string of the molecule is CCOC(=O)c1c(NC(=O)c2cc(-c3ccc(OC)c(OC)c3)nc3ccccc23)sc2c1CCC(C)C2. The number of thiophene rings is 1. The minimum atomic E-state index is -0.388. The number of carbonyl (C=O) groups excluding carboxylic acids is 2. The molecule has 7 nitrogen and oxygen atoms in total. The van der Waals surface area contributed by atoms with Gasteiger partial charge in [0, 0.05) is 15.8 Å². The second-order valence-electron chi connectivity index (χ2n) is 9.37. The number of nitrogens with zero attached hydrogens (tertiary/aromatic N) is 1. The molecule has 2 aromatic carbocycles. The Morgan fingerprint density at radius 3 is 2.63 bits per heavy atom. The van der Waals surface area contributed by atoms with Crippen LogP contribution >= 0.6 is 11.3 Å². The van der Waals surface area contributed by atoms with Gasteiger partial charge >= 0.3 is 5.97 Å². The zero-order valence-corrected chi connectivity index (χ0v) is 22.7. The Bertz CT molecular complexity index is 1530. The van der Waals surface area contributed by atoms with Gasteiger partial charge in [-0.1, -0.05) is 25.1 Å². The highest BCUT2D eigenvalue weighted by Crippen LogP contribution is 2.41. The lowest BCUT2D eigenvalue weighted by atomic mass is 9.88. The van der Waals surface area contributed by atoms with E-state index < -0.39 is 0 Å². The molecule has 2 aromatic heterocycles. The van der Waals surface area contributed by atoms with Crippen LogP contribution in [-0.2, 0) is 17.6 Å². The van der Waals surface area contributed by atoms with Crippen molar-refractivity contribution in [2.45, 2.75) is 33.1 Å². The number of fused-ring (bicyclic) bond motifs is 2. The smallest absolute Gasteiger partial charge is 0.341 e. The Morgan fingerprint density at radius 1 is 1.08 bits per heavy atom. The quantitative estimate of drug-likeness (QED) is 0.273. The van der Waals surface area contributed by atoms with Crippen molar-refractivity contribution in [3.8, 4) is 22.8 Å². The molecule has 38 heavy (non-hydrogen) atoms. The summed E-state index contributed by atoms with van der Waals surface area (Å²) in [5.74, 6) is 1.02. The normalized spacial score (nSPS) is 14.6. The molecular weight excluding hydrogens is 500 g/mol. The van der Waals surface area contributed by atoms with E-state index in [4.69, 9.17) is 19.2 Å². The third kappa shape index (κ3) is 4.84. The molecule has 1 amide bonds. The van der Waals surface area contributed by atoms with Gasteiger partial charge in [0.2, 0.25) is 0 Å². The average molecular weight is 531 g/mol. The van der Waals surface area contributed by atoms with Crippen molar-refractivity contribution in [1.29, 1.82) is 0 Å². The first-order valence-corrected chi connectivity index (χ1v) is 13.5. The number of ether oxygens (including phenoxy) is 3. The van der Waals surface area contributed by atoms with Gasteiger partial charge in [0.05, 0.1) is 43.2 Å². The van der Waals surface area contributed by atoms with Gasteiger partial charge in [0.15, 0.2) is 11.5 Å². The molecule has 4 aromatic rings. The summed E-state index contributed by atoms with van der Waals surface area (Å²) in [5.41, 5.74) is 4.07. The van der Waals surface area contributed by atoms with Crippen molar-refractivity contribution in [3.63, 3.8) is 0 Å². The molecule has 196 valence electrons. The molecule has 1 aliphatic rings. The molecule has 2 heterocycles. The van der Waals surface area contributed by atoms with Crippen LogP contribution in [0.3, 0.4) is 0 Å².